The summed E-state index contributed by atoms with van der Waals surface area (Å²) in [7, 11) is 0. The number of likely N-dealkylation sites (tertiary alicyclic amines) is 1. The number of nitrogens with zero attached hydrogens (tertiary/aromatic N) is 3. The van der Waals surface area contributed by atoms with Crippen molar-refractivity contribution in [1.82, 2.24) is 14.7 Å². The number of rotatable bonds is 8. The summed E-state index contributed by atoms with van der Waals surface area (Å²) in [5, 5.41) is 12.7. The molecule has 2 fully saturated rings. The quantitative estimate of drug-likeness (QED) is 0.605. The van der Waals surface area contributed by atoms with Gasteiger partial charge in [-0.1, -0.05) is 42.8 Å². The van der Waals surface area contributed by atoms with E-state index in [-0.39, 0.29) is 37.3 Å². The molecule has 0 radical (unpaired) electrons. The molecular formula is C25H37Cl2N3O3. The fourth-order valence-corrected chi connectivity index (χ4v) is 4.63. The number of carbonyl (C=O) groups is 1. The Balaban J connectivity index is 0.00000193. The van der Waals surface area contributed by atoms with Crippen LogP contribution in [0.1, 0.15) is 25.7 Å². The van der Waals surface area contributed by atoms with Crippen molar-refractivity contribution < 1.29 is 14.6 Å². The Morgan fingerprint density at radius 1 is 0.879 bits per heavy atom. The molecule has 0 spiro atoms. The van der Waals surface area contributed by atoms with Gasteiger partial charge >= 0.3 is 0 Å². The highest BCUT2D eigenvalue weighted by atomic mass is 35.5. The van der Waals surface area contributed by atoms with E-state index in [0.29, 0.717) is 13.0 Å². The zero-order chi connectivity index (χ0) is 21.5. The van der Waals surface area contributed by atoms with Gasteiger partial charge in [0.2, 0.25) is 5.91 Å². The Morgan fingerprint density at radius 2 is 1.58 bits per heavy atom. The maximum atomic E-state index is 12.5. The number of piperidine rings is 1. The van der Waals surface area contributed by atoms with Gasteiger partial charge in [0, 0.05) is 51.1 Å². The maximum Gasteiger partial charge on any atom is 0.223 e. The molecule has 0 bridgehead atoms. The first-order chi connectivity index (χ1) is 15.2. The largest absolute Gasteiger partial charge is 0.490 e. The van der Waals surface area contributed by atoms with Crippen LogP contribution in [0.25, 0.3) is 10.8 Å². The minimum absolute atomic E-state index is 0. The van der Waals surface area contributed by atoms with E-state index in [2.05, 4.69) is 21.9 Å². The second-order valence-electron chi connectivity index (χ2n) is 8.78. The SMILES string of the molecule is Cl.Cl.O=C(CCN1CCCCC1)N1CCN(CC(O)COc2cccc3ccccc23)CC1. The average molecular weight is 498 g/mol. The van der Waals surface area contributed by atoms with E-state index < -0.39 is 6.10 Å². The normalized spacial score (nSPS) is 18.3. The van der Waals surface area contributed by atoms with Crippen LogP contribution in [-0.4, -0.2) is 90.8 Å². The number of fused-ring (bicyclic) bond motifs is 1. The second-order valence-corrected chi connectivity index (χ2v) is 8.78. The summed E-state index contributed by atoms with van der Waals surface area (Å²) >= 11 is 0. The van der Waals surface area contributed by atoms with Crippen LogP contribution in [0.2, 0.25) is 0 Å². The molecule has 4 rings (SSSR count). The molecule has 1 amide bonds. The van der Waals surface area contributed by atoms with Crippen molar-refractivity contribution in [3.63, 3.8) is 0 Å². The molecule has 2 aromatic carbocycles. The Labute approximate surface area is 209 Å². The summed E-state index contributed by atoms with van der Waals surface area (Å²) in [6.45, 7) is 7.11. The molecule has 2 heterocycles. The molecule has 6 nitrogen and oxygen atoms in total. The van der Waals surface area contributed by atoms with E-state index >= 15 is 0 Å². The molecule has 0 aliphatic carbocycles. The summed E-state index contributed by atoms with van der Waals surface area (Å²) in [5.74, 6) is 1.08. The fourth-order valence-electron chi connectivity index (χ4n) is 4.63. The third-order valence-electron chi connectivity index (χ3n) is 6.47. The minimum atomic E-state index is -0.555. The monoisotopic (exact) mass is 497 g/mol. The number of ether oxygens (including phenoxy) is 1. The third kappa shape index (κ3) is 8.01. The van der Waals surface area contributed by atoms with Crippen molar-refractivity contribution in [2.24, 2.45) is 0 Å². The molecule has 8 heteroatoms. The van der Waals surface area contributed by atoms with Gasteiger partial charge in [0.15, 0.2) is 0 Å². The van der Waals surface area contributed by atoms with Gasteiger partial charge in [0.1, 0.15) is 18.5 Å². The van der Waals surface area contributed by atoms with E-state index in [1.54, 1.807) is 0 Å². The van der Waals surface area contributed by atoms with Crippen molar-refractivity contribution >= 4 is 41.5 Å². The lowest BCUT2D eigenvalue weighted by molar-refractivity contribution is -0.133. The number of carbonyl (C=O) groups excluding carboxylic acids is 1. The minimum Gasteiger partial charge on any atom is -0.490 e. The molecule has 2 saturated heterocycles. The highest BCUT2D eigenvalue weighted by Gasteiger charge is 2.23. The van der Waals surface area contributed by atoms with Gasteiger partial charge in [-0.15, -0.1) is 24.8 Å². The first-order valence-corrected chi connectivity index (χ1v) is 11.7. The highest BCUT2D eigenvalue weighted by Crippen LogP contribution is 2.25. The molecular weight excluding hydrogens is 461 g/mol. The Hall–Kier alpha value is -1.57. The average Bonchev–Trinajstić information content (AvgIpc) is 2.82. The van der Waals surface area contributed by atoms with Crippen molar-refractivity contribution in [2.45, 2.75) is 31.8 Å². The maximum absolute atomic E-state index is 12.5. The second kappa shape index (κ2) is 14.0. The van der Waals surface area contributed by atoms with Gasteiger partial charge in [-0.3, -0.25) is 9.69 Å². The zero-order valence-corrected chi connectivity index (χ0v) is 20.9. The lowest BCUT2D eigenvalue weighted by Crippen LogP contribution is -2.51. The van der Waals surface area contributed by atoms with E-state index in [1.165, 1.54) is 19.3 Å². The van der Waals surface area contributed by atoms with Crippen molar-refractivity contribution in [3.05, 3.63) is 42.5 Å². The van der Waals surface area contributed by atoms with Crippen molar-refractivity contribution in [1.29, 1.82) is 0 Å². The molecule has 184 valence electrons. The Kier molecular flexibility index (Phi) is 11.7. The lowest BCUT2D eigenvalue weighted by atomic mass is 10.1. The molecule has 2 aliphatic rings. The van der Waals surface area contributed by atoms with Crippen LogP contribution in [0.5, 0.6) is 5.75 Å². The van der Waals surface area contributed by atoms with Crippen LogP contribution in [0.4, 0.5) is 0 Å². The fraction of sp³-hybridized carbons (Fsp3) is 0.560. The van der Waals surface area contributed by atoms with Gasteiger partial charge < -0.3 is 19.6 Å². The predicted octanol–water partition coefficient (Wildman–Crippen LogP) is 3.44. The van der Waals surface area contributed by atoms with Crippen molar-refractivity contribution in [2.75, 3.05) is 59.0 Å². The van der Waals surface area contributed by atoms with E-state index in [1.807, 2.05) is 35.2 Å². The molecule has 33 heavy (non-hydrogen) atoms. The number of piperazine rings is 1. The number of aliphatic hydroxyl groups is 1. The number of hydrogen-bond donors (Lipinski definition) is 1. The Morgan fingerprint density at radius 3 is 2.33 bits per heavy atom. The highest BCUT2D eigenvalue weighted by molar-refractivity contribution is 5.88. The van der Waals surface area contributed by atoms with Gasteiger partial charge in [0.05, 0.1) is 0 Å². The molecule has 2 aromatic rings. The van der Waals surface area contributed by atoms with Crippen LogP contribution >= 0.6 is 24.8 Å². The van der Waals surface area contributed by atoms with Crippen LogP contribution in [0.15, 0.2) is 42.5 Å². The van der Waals surface area contributed by atoms with Crippen LogP contribution in [0, 0.1) is 0 Å². The number of aliphatic hydroxyl groups excluding tert-OH is 1. The first-order valence-electron chi connectivity index (χ1n) is 11.7. The Bertz CT molecular complexity index is 850. The predicted molar refractivity (Wildman–Crippen MR) is 138 cm³/mol. The van der Waals surface area contributed by atoms with Gasteiger partial charge in [0.25, 0.3) is 0 Å². The molecule has 1 N–H and O–H groups in total. The summed E-state index contributed by atoms with van der Waals surface area (Å²) in [4.78, 5) is 19.2. The lowest BCUT2D eigenvalue weighted by Gasteiger charge is -2.36. The summed E-state index contributed by atoms with van der Waals surface area (Å²) in [6, 6.07) is 14.1. The molecule has 0 saturated carbocycles. The van der Waals surface area contributed by atoms with Crippen LogP contribution < -0.4 is 4.74 Å². The zero-order valence-electron chi connectivity index (χ0n) is 19.2. The topological polar surface area (TPSA) is 56.3 Å². The first kappa shape index (κ1) is 27.7. The smallest absolute Gasteiger partial charge is 0.223 e. The van der Waals surface area contributed by atoms with Crippen LogP contribution in [0.3, 0.4) is 0 Å². The van der Waals surface area contributed by atoms with Gasteiger partial charge in [-0.25, -0.2) is 0 Å². The standard InChI is InChI=1S/C25H35N3O3.2ClH/c29-22(20-31-24-10-6-8-21-7-2-3-9-23(21)24)19-27-15-17-28(18-16-27)25(30)11-14-26-12-4-1-5-13-26;;/h2-3,6-10,22,29H,1,4-5,11-20H2;2*1H. The number of hydrogen-bond acceptors (Lipinski definition) is 5. The van der Waals surface area contributed by atoms with Crippen molar-refractivity contribution in [3.8, 4) is 5.75 Å². The summed E-state index contributed by atoms with van der Waals surface area (Å²) in [5.41, 5.74) is 0. The third-order valence-corrected chi connectivity index (χ3v) is 6.47. The summed E-state index contributed by atoms with van der Waals surface area (Å²) < 4.78 is 5.93. The van der Waals surface area contributed by atoms with Gasteiger partial charge in [-0.2, -0.15) is 0 Å². The molecule has 0 aromatic heterocycles. The number of benzene rings is 2. The molecule has 1 atom stereocenters. The number of β-amino-alcohol motifs (C(OH)–C–C–N with tert-alkyl or cyclic N) is 1. The summed E-state index contributed by atoms with van der Waals surface area (Å²) in [6.07, 6.45) is 3.92. The number of halogens is 2. The van der Waals surface area contributed by atoms with E-state index in [4.69, 9.17) is 4.74 Å². The number of amides is 1. The van der Waals surface area contributed by atoms with Crippen LogP contribution in [-0.2, 0) is 4.79 Å². The molecule has 1 unspecified atom stereocenters. The van der Waals surface area contributed by atoms with Gasteiger partial charge in [-0.05, 0) is 37.4 Å². The van der Waals surface area contributed by atoms with E-state index in [0.717, 1.165) is 62.3 Å². The van der Waals surface area contributed by atoms with E-state index in [9.17, 15) is 9.90 Å². The molecule has 2 aliphatic heterocycles.